The highest BCUT2D eigenvalue weighted by atomic mass is 35.5. The predicted molar refractivity (Wildman–Crippen MR) is 77.7 cm³/mol. The van der Waals surface area contributed by atoms with Gasteiger partial charge in [-0.2, -0.15) is 0 Å². The second kappa shape index (κ2) is 6.75. The van der Waals surface area contributed by atoms with Crippen LogP contribution in [0.15, 0.2) is 52.0 Å². The molecule has 1 aromatic heterocycles. The van der Waals surface area contributed by atoms with Crippen molar-refractivity contribution in [3.8, 4) is 0 Å². The number of hydrogen-bond acceptors (Lipinski definition) is 4. The van der Waals surface area contributed by atoms with Crippen LogP contribution in [0.1, 0.15) is 10.6 Å². The molecule has 1 heterocycles. The summed E-state index contributed by atoms with van der Waals surface area (Å²) in [6.07, 6.45) is 1.39. The van der Waals surface area contributed by atoms with Crippen LogP contribution >= 0.6 is 11.6 Å². The highest BCUT2D eigenvalue weighted by Crippen LogP contribution is 2.13. The summed E-state index contributed by atoms with van der Waals surface area (Å²) in [6, 6.07) is 8.92. The van der Waals surface area contributed by atoms with Crippen molar-refractivity contribution in [1.29, 1.82) is 0 Å². The standard InChI is InChI=1S/C13H13ClN2O4S/c14-10-3-5-11(6-4-10)21(18,19)16-8-7-15-13(17)12-2-1-9-20-12/h1-6,9,16H,7-8H2,(H,15,17). The number of halogens is 1. The van der Waals surface area contributed by atoms with Gasteiger partial charge in [0.1, 0.15) is 0 Å². The third-order valence-electron chi connectivity index (χ3n) is 2.57. The maximum Gasteiger partial charge on any atom is 0.287 e. The van der Waals surface area contributed by atoms with Crippen molar-refractivity contribution in [1.82, 2.24) is 10.0 Å². The van der Waals surface area contributed by atoms with Crippen molar-refractivity contribution in [2.45, 2.75) is 4.90 Å². The second-order valence-corrected chi connectivity index (χ2v) is 6.29. The molecule has 21 heavy (non-hydrogen) atoms. The highest BCUT2D eigenvalue weighted by molar-refractivity contribution is 7.89. The van der Waals surface area contributed by atoms with E-state index in [1.54, 1.807) is 6.07 Å². The SMILES string of the molecule is O=C(NCCNS(=O)(=O)c1ccc(Cl)cc1)c1ccco1. The normalized spacial score (nSPS) is 11.3. The van der Waals surface area contributed by atoms with E-state index in [9.17, 15) is 13.2 Å². The Bertz CT molecular complexity index is 696. The molecule has 0 radical (unpaired) electrons. The molecule has 112 valence electrons. The topological polar surface area (TPSA) is 88.4 Å². The van der Waals surface area contributed by atoms with E-state index < -0.39 is 15.9 Å². The molecule has 2 N–H and O–H groups in total. The average molecular weight is 329 g/mol. The molecule has 2 aromatic rings. The molecule has 0 aliphatic carbocycles. The zero-order valence-electron chi connectivity index (χ0n) is 10.9. The lowest BCUT2D eigenvalue weighted by atomic mass is 10.4. The van der Waals surface area contributed by atoms with E-state index in [1.165, 1.54) is 36.6 Å². The Kier molecular flexibility index (Phi) is 5.00. The summed E-state index contributed by atoms with van der Waals surface area (Å²) in [5.74, 6) is -0.221. The molecule has 1 amide bonds. The van der Waals surface area contributed by atoms with E-state index in [1.807, 2.05) is 0 Å². The summed E-state index contributed by atoms with van der Waals surface area (Å²) in [4.78, 5) is 11.7. The Hall–Kier alpha value is -1.83. The monoisotopic (exact) mass is 328 g/mol. The zero-order chi connectivity index (χ0) is 15.3. The van der Waals surface area contributed by atoms with Crippen LogP contribution in [0.25, 0.3) is 0 Å². The number of amides is 1. The van der Waals surface area contributed by atoms with Gasteiger partial charge in [0, 0.05) is 18.1 Å². The first-order valence-corrected chi connectivity index (χ1v) is 7.92. The summed E-state index contributed by atoms with van der Waals surface area (Å²) in [6.45, 7) is 0.212. The van der Waals surface area contributed by atoms with Crippen molar-refractivity contribution in [3.63, 3.8) is 0 Å². The molecule has 0 atom stereocenters. The minimum Gasteiger partial charge on any atom is -0.459 e. The lowest BCUT2D eigenvalue weighted by Crippen LogP contribution is -2.34. The first-order valence-electron chi connectivity index (χ1n) is 6.06. The first kappa shape index (κ1) is 15.6. The largest absolute Gasteiger partial charge is 0.459 e. The van der Waals surface area contributed by atoms with Gasteiger partial charge in [-0.05, 0) is 36.4 Å². The maximum absolute atomic E-state index is 11.9. The van der Waals surface area contributed by atoms with Gasteiger partial charge in [0.05, 0.1) is 11.2 Å². The number of benzene rings is 1. The Morgan fingerprint density at radius 1 is 1.14 bits per heavy atom. The van der Waals surface area contributed by atoms with Crippen molar-refractivity contribution in [3.05, 3.63) is 53.4 Å². The molecule has 0 aliphatic rings. The van der Waals surface area contributed by atoms with Crippen LogP contribution in [0.2, 0.25) is 5.02 Å². The van der Waals surface area contributed by atoms with Gasteiger partial charge < -0.3 is 9.73 Å². The van der Waals surface area contributed by atoms with E-state index >= 15 is 0 Å². The van der Waals surface area contributed by atoms with Crippen LogP contribution in [-0.2, 0) is 10.0 Å². The second-order valence-electron chi connectivity index (χ2n) is 4.08. The number of carbonyl (C=O) groups excluding carboxylic acids is 1. The molecule has 0 saturated carbocycles. The van der Waals surface area contributed by atoms with Crippen LogP contribution in [0.3, 0.4) is 0 Å². The molecule has 0 saturated heterocycles. The molecular weight excluding hydrogens is 316 g/mol. The molecule has 0 unspecified atom stereocenters. The van der Waals surface area contributed by atoms with Crippen LogP contribution in [0.4, 0.5) is 0 Å². The Balaban J connectivity index is 1.82. The molecule has 2 rings (SSSR count). The Labute approximate surface area is 127 Å². The average Bonchev–Trinajstić information content (AvgIpc) is 2.98. The summed E-state index contributed by atoms with van der Waals surface area (Å²) < 4.78 is 31.2. The number of nitrogens with one attached hydrogen (secondary N) is 2. The van der Waals surface area contributed by atoms with E-state index in [2.05, 4.69) is 10.0 Å². The van der Waals surface area contributed by atoms with Crippen LogP contribution < -0.4 is 10.0 Å². The van der Waals surface area contributed by atoms with Gasteiger partial charge in [0.2, 0.25) is 10.0 Å². The molecule has 0 fully saturated rings. The summed E-state index contributed by atoms with van der Waals surface area (Å²) in [7, 11) is -3.61. The third kappa shape index (κ3) is 4.32. The lowest BCUT2D eigenvalue weighted by molar-refractivity contribution is 0.0926. The molecule has 0 bridgehead atoms. The summed E-state index contributed by atoms with van der Waals surface area (Å²) in [5, 5.41) is 3.00. The van der Waals surface area contributed by atoms with Gasteiger partial charge in [-0.15, -0.1) is 0 Å². The number of rotatable bonds is 6. The van der Waals surface area contributed by atoms with Crippen molar-refractivity contribution in [2.24, 2.45) is 0 Å². The number of carbonyl (C=O) groups is 1. The van der Waals surface area contributed by atoms with Crippen molar-refractivity contribution < 1.29 is 17.6 Å². The highest BCUT2D eigenvalue weighted by Gasteiger charge is 2.13. The smallest absolute Gasteiger partial charge is 0.287 e. The van der Waals surface area contributed by atoms with Crippen molar-refractivity contribution >= 4 is 27.5 Å². The van der Waals surface area contributed by atoms with E-state index in [0.29, 0.717) is 5.02 Å². The molecular formula is C13H13ClN2O4S. The molecule has 0 spiro atoms. The van der Waals surface area contributed by atoms with Gasteiger partial charge in [0.15, 0.2) is 5.76 Å². The van der Waals surface area contributed by atoms with Crippen LogP contribution in [0, 0.1) is 0 Å². The van der Waals surface area contributed by atoms with Crippen molar-refractivity contribution in [2.75, 3.05) is 13.1 Å². The molecule has 0 aliphatic heterocycles. The van der Waals surface area contributed by atoms with Gasteiger partial charge in [-0.3, -0.25) is 4.79 Å². The zero-order valence-corrected chi connectivity index (χ0v) is 12.4. The van der Waals surface area contributed by atoms with Gasteiger partial charge in [-0.1, -0.05) is 11.6 Å². The quantitative estimate of drug-likeness (QED) is 0.789. The Morgan fingerprint density at radius 2 is 1.86 bits per heavy atom. The minimum absolute atomic E-state index is 0.0669. The fraction of sp³-hybridized carbons (Fsp3) is 0.154. The number of sulfonamides is 1. The minimum atomic E-state index is -3.61. The summed E-state index contributed by atoms with van der Waals surface area (Å²) >= 11 is 5.70. The fourth-order valence-electron chi connectivity index (χ4n) is 1.55. The molecule has 6 nitrogen and oxygen atoms in total. The lowest BCUT2D eigenvalue weighted by Gasteiger charge is -2.07. The Morgan fingerprint density at radius 3 is 2.48 bits per heavy atom. The van der Waals surface area contributed by atoms with E-state index in [4.69, 9.17) is 16.0 Å². The van der Waals surface area contributed by atoms with Crippen LogP contribution in [0.5, 0.6) is 0 Å². The van der Waals surface area contributed by atoms with E-state index in [-0.39, 0.29) is 23.7 Å². The van der Waals surface area contributed by atoms with E-state index in [0.717, 1.165) is 0 Å². The first-order chi connectivity index (χ1) is 9.99. The maximum atomic E-state index is 11.9. The van der Waals surface area contributed by atoms with Gasteiger partial charge >= 0.3 is 0 Å². The van der Waals surface area contributed by atoms with Crippen LogP contribution in [-0.4, -0.2) is 27.4 Å². The molecule has 1 aromatic carbocycles. The summed E-state index contributed by atoms with van der Waals surface area (Å²) in [5.41, 5.74) is 0. The number of hydrogen-bond donors (Lipinski definition) is 2. The predicted octanol–water partition coefficient (Wildman–Crippen LogP) is 1.64. The fourth-order valence-corrected chi connectivity index (χ4v) is 2.71. The number of furan rings is 1. The third-order valence-corrected chi connectivity index (χ3v) is 4.30. The van der Waals surface area contributed by atoms with Gasteiger partial charge in [-0.25, -0.2) is 13.1 Å². The molecule has 8 heteroatoms. The van der Waals surface area contributed by atoms with Gasteiger partial charge in [0.25, 0.3) is 5.91 Å².